The zero-order valence-corrected chi connectivity index (χ0v) is 20.6. The third-order valence-electron chi connectivity index (χ3n) is 6.04. The second-order valence-corrected chi connectivity index (χ2v) is 8.78. The Morgan fingerprint density at radius 1 is 1.14 bits per heavy atom. The topological polar surface area (TPSA) is 71.5 Å². The van der Waals surface area contributed by atoms with Gasteiger partial charge in [0.25, 0.3) is 5.91 Å². The van der Waals surface area contributed by atoms with Crippen molar-refractivity contribution >= 4 is 57.6 Å². The monoisotopic (exact) mass is 527 g/mol. The molecular formula is C25H20ClF2N5O2S. The highest BCUT2D eigenvalue weighted by Crippen LogP contribution is 2.37. The van der Waals surface area contributed by atoms with Crippen LogP contribution in [0.5, 0.6) is 6.01 Å². The van der Waals surface area contributed by atoms with Gasteiger partial charge < -0.3 is 14.5 Å². The van der Waals surface area contributed by atoms with E-state index in [-0.39, 0.29) is 36.2 Å². The number of hydrogen-bond acceptors (Lipinski definition) is 7. The van der Waals surface area contributed by atoms with Crippen LogP contribution in [0.25, 0.3) is 32.9 Å². The van der Waals surface area contributed by atoms with E-state index in [0.717, 1.165) is 5.39 Å². The van der Waals surface area contributed by atoms with E-state index < -0.39 is 17.6 Å². The molecule has 1 fully saturated rings. The summed E-state index contributed by atoms with van der Waals surface area (Å²) in [7, 11) is 0. The maximum atomic E-state index is 16.0. The lowest BCUT2D eigenvalue weighted by molar-refractivity contribution is -0.128. The highest BCUT2D eigenvalue weighted by atomic mass is 35.5. The molecule has 11 heteroatoms. The average Bonchev–Trinajstić information content (AvgIpc) is 2.88. The number of carbonyl (C=O) groups excluding carboxylic acids is 1. The number of amides is 1. The first-order valence-corrected chi connectivity index (χ1v) is 12.1. The van der Waals surface area contributed by atoms with Crippen molar-refractivity contribution in [2.24, 2.45) is 0 Å². The molecule has 1 aliphatic rings. The number of aromatic nitrogens is 3. The molecule has 7 nitrogen and oxygen atoms in total. The van der Waals surface area contributed by atoms with Gasteiger partial charge in [0.05, 0.1) is 5.39 Å². The highest BCUT2D eigenvalue weighted by Gasteiger charge is 2.27. The maximum Gasteiger partial charge on any atom is 0.319 e. The standard InChI is InChI=1S/C25H20ClF2N5O2S/c1-14(27)24(34)33-10-8-32(9-11-33)23-17-12-29-21(20(28)22(17)30-25(31-23)35-13-36)16-6-2-4-15-5-3-7-18(26)19(15)16/h2-7,12,36H,1,8-11,13H2. The van der Waals surface area contributed by atoms with E-state index in [1.165, 1.54) is 11.1 Å². The Morgan fingerprint density at radius 3 is 2.56 bits per heavy atom. The van der Waals surface area contributed by atoms with Crippen molar-refractivity contribution in [1.82, 2.24) is 19.9 Å². The molecule has 0 atom stereocenters. The predicted molar refractivity (Wildman–Crippen MR) is 139 cm³/mol. The number of nitrogens with zero attached hydrogens (tertiary/aromatic N) is 5. The van der Waals surface area contributed by atoms with Crippen LogP contribution in [0.4, 0.5) is 14.6 Å². The van der Waals surface area contributed by atoms with Crippen LogP contribution < -0.4 is 9.64 Å². The summed E-state index contributed by atoms with van der Waals surface area (Å²) in [4.78, 5) is 28.3. The smallest absolute Gasteiger partial charge is 0.319 e. The minimum Gasteiger partial charge on any atom is -0.453 e. The van der Waals surface area contributed by atoms with E-state index in [4.69, 9.17) is 16.3 Å². The number of halogens is 3. The average molecular weight is 528 g/mol. The van der Waals surface area contributed by atoms with E-state index in [9.17, 15) is 9.18 Å². The van der Waals surface area contributed by atoms with Gasteiger partial charge in [0, 0.05) is 48.3 Å². The molecule has 1 aliphatic heterocycles. The molecule has 0 saturated carbocycles. The Bertz CT molecular complexity index is 1510. The lowest BCUT2D eigenvalue weighted by atomic mass is 10.0. The lowest BCUT2D eigenvalue weighted by Crippen LogP contribution is -2.49. The van der Waals surface area contributed by atoms with Crippen molar-refractivity contribution in [3.63, 3.8) is 0 Å². The molecule has 1 saturated heterocycles. The Morgan fingerprint density at radius 2 is 1.86 bits per heavy atom. The fraction of sp³-hybridized carbons (Fsp3) is 0.200. The van der Waals surface area contributed by atoms with Crippen molar-refractivity contribution < 1.29 is 18.3 Å². The van der Waals surface area contributed by atoms with Crippen LogP contribution in [0.1, 0.15) is 0 Å². The van der Waals surface area contributed by atoms with Gasteiger partial charge in [-0.1, -0.05) is 48.5 Å². The van der Waals surface area contributed by atoms with E-state index in [2.05, 4.69) is 34.2 Å². The zero-order valence-electron chi connectivity index (χ0n) is 18.9. The van der Waals surface area contributed by atoms with Crippen LogP contribution in [0.2, 0.25) is 5.02 Å². The van der Waals surface area contributed by atoms with Gasteiger partial charge in [-0.15, -0.1) is 12.6 Å². The zero-order chi connectivity index (χ0) is 25.4. The summed E-state index contributed by atoms with van der Waals surface area (Å²) in [6.45, 7) is 4.25. The summed E-state index contributed by atoms with van der Waals surface area (Å²) in [5.41, 5.74) is 0.661. The minimum absolute atomic E-state index is 0.00959. The summed E-state index contributed by atoms with van der Waals surface area (Å²) in [5.74, 6) is -2.00. The van der Waals surface area contributed by atoms with Gasteiger partial charge in [-0.2, -0.15) is 9.97 Å². The maximum absolute atomic E-state index is 16.0. The van der Waals surface area contributed by atoms with Crippen LogP contribution >= 0.6 is 24.2 Å². The van der Waals surface area contributed by atoms with Gasteiger partial charge in [0.2, 0.25) is 0 Å². The van der Waals surface area contributed by atoms with Crippen LogP contribution in [-0.4, -0.2) is 57.9 Å². The Labute approximate surface area is 215 Å². The van der Waals surface area contributed by atoms with E-state index in [1.54, 1.807) is 12.1 Å². The molecule has 2 aromatic heterocycles. The fourth-order valence-corrected chi connectivity index (χ4v) is 4.76. The van der Waals surface area contributed by atoms with Gasteiger partial charge in [0.15, 0.2) is 11.6 Å². The molecule has 0 spiro atoms. The van der Waals surface area contributed by atoms with Gasteiger partial charge in [-0.05, 0) is 11.5 Å². The quantitative estimate of drug-likeness (QED) is 0.223. The molecule has 0 unspecified atom stereocenters. The minimum atomic E-state index is -1.01. The molecule has 0 radical (unpaired) electrons. The van der Waals surface area contributed by atoms with Crippen molar-refractivity contribution in [3.8, 4) is 17.3 Å². The molecule has 5 rings (SSSR count). The predicted octanol–water partition coefficient (Wildman–Crippen LogP) is 5.04. The second kappa shape index (κ2) is 9.87. The van der Waals surface area contributed by atoms with Crippen LogP contribution in [-0.2, 0) is 4.79 Å². The van der Waals surface area contributed by atoms with Gasteiger partial charge in [-0.25, -0.2) is 8.78 Å². The van der Waals surface area contributed by atoms with E-state index >= 15 is 4.39 Å². The Kier molecular flexibility index (Phi) is 6.63. The van der Waals surface area contributed by atoms with Crippen LogP contribution in [0.3, 0.4) is 0 Å². The van der Waals surface area contributed by atoms with Crippen LogP contribution in [0.15, 0.2) is 55.0 Å². The third kappa shape index (κ3) is 4.31. The number of thiol groups is 1. The number of ether oxygens (including phenoxy) is 1. The summed E-state index contributed by atoms with van der Waals surface area (Å²) >= 11 is 10.5. The Hall–Kier alpha value is -3.50. The third-order valence-corrected chi connectivity index (χ3v) is 6.49. The van der Waals surface area contributed by atoms with E-state index in [0.29, 0.717) is 40.3 Å². The molecule has 1 amide bonds. The number of anilines is 1. The number of benzene rings is 2. The second-order valence-electron chi connectivity index (χ2n) is 8.11. The summed E-state index contributed by atoms with van der Waals surface area (Å²) in [6, 6.07) is 10.9. The van der Waals surface area contributed by atoms with Gasteiger partial charge in [-0.3, -0.25) is 9.78 Å². The number of piperazine rings is 1. The largest absolute Gasteiger partial charge is 0.453 e. The molecule has 0 aliphatic carbocycles. The first-order chi connectivity index (χ1) is 17.4. The molecule has 36 heavy (non-hydrogen) atoms. The Balaban J connectivity index is 1.61. The fourth-order valence-electron chi connectivity index (χ4n) is 4.36. The molecular weight excluding hydrogens is 508 g/mol. The van der Waals surface area contributed by atoms with Gasteiger partial charge >= 0.3 is 6.01 Å². The van der Waals surface area contributed by atoms with Crippen molar-refractivity contribution in [2.75, 3.05) is 37.0 Å². The number of carbonyl (C=O) groups is 1. The molecule has 4 aromatic rings. The number of pyridine rings is 1. The van der Waals surface area contributed by atoms with Crippen LogP contribution in [0, 0.1) is 5.82 Å². The summed E-state index contributed by atoms with van der Waals surface area (Å²) in [6.07, 6.45) is 1.52. The number of fused-ring (bicyclic) bond motifs is 2. The molecule has 184 valence electrons. The van der Waals surface area contributed by atoms with Crippen molar-refractivity contribution in [2.45, 2.75) is 0 Å². The summed E-state index contributed by atoms with van der Waals surface area (Å²) < 4.78 is 34.7. The number of hydrogen-bond donors (Lipinski definition) is 1. The SMILES string of the molecule is C=C(F)C(=O)N1CCN(c2nc(OCS)nc3c(F)c(-c4cccc5cccc(Cl)c45)ncc23)CC1. The molecule has 0 bridgehead atoms. The molecule has 0 N–H and O–H groups in total. The van der Waals surface area contributed by atoms with E-state index in [1.807, 2.05) is 29.2 Å². The first-order valence-electron chi connectivity index (χ1n) is 11.0. The number of rotatable bonds is 5. The van der Waals surface area contributed by atoms with Crippen molar-refractivity contribution in [1.29, 1.82) is 0 Å². The first kappa shape index (κ1) is 24.2. The lowest BCUT2D eigenvalue weighted by Gasteiger charge is -2.35. The molecule has 2 aromatic carbocycles. The van der Waals surface area contributed by atoms with Crippen molar-refractivity contribution in [3.05, 3.63) is 65.8 Å². The highest BCUT2D eigenvalue weighted by molar-refractivity contribution is 7.80. The van der Waals surface area contributed by atoms with Gasteiger partial charge in [0.1, 0.15) is 23.0 Å². The summed E-state index contributed by atoms with van der Waals surface area (Å²) in [5, 5.41) is 2.40. The normalized spacial score (nSPS) is 13.9. The molecule has 3 heterocycles.